The Kier molecular flexibility index (Phi) is 10.5. The average molecular weight is 627 g/mol. The number of anilines is 1. The third kappa shape index (κ3) is 8.03. The van der Waals surface area contributed by atoms with Crippen molar-refractivity contribution in [3.63, 3.8) is 0 Å². The topological polar surface area (TPSA) is 97.3 Å². The first-order valence-corrected chi connectivity index (χ1v) is 15.2. The highest BCUT2D eigenvalue weighted by atomic mass is 35.5. The van der Waals surface area contributed by atoms with Crippen molar-refractivity contribution >= 4 is 51.0 Å². The first kappa shape index (κ1) is 30.9. The van der Waals surface area contributed by atoms with Crippen LogP contribution in [0.2, 0.25) is 10.0 Å². The van der Waals surface area contributed by atoms with Gasteiger partial charge in [-0.05, 0) is 79.6 Å². The minimum atomic E-state index is -4.11. The molecule has 0 aliphatic rings. The molecular formula is C31H29Cl2N3O5S. The van der Waals surface area contributed by atoms with E-state index in [0.717, 1.165) is 15.4 Å². The van der Waals surface area contributed by atoms with E-state index >= 15 is 0 Å². The number of aryl methyl sites for hydroxylation is 1. The SMILES string of the molecule is CCOc1cc(/C=N\NC(=O)CN(c2ccccc2Cl)S(=O)(=O)c2ccc(C)cc2)ccc1OCc1ccc(Cl)cc1. The number of nitrogens with one attached hydrogen (secondary N) is 1. The molecule has 4 aromatic rings. The van der Waals surface area contributed by atoms with Crippen LogP contribution in [0.1, 0.15) is 23.6 Å². The normalized spacial score (nSPS) is 11.3. The van der Waals surface area contributed by atoms with Crippen LogP contribution in [0.25, 0.3) is 0 Å². The molecule has 42 heavy (non-hydrogen) atoms. The van der Waals surface area contributed by atoms with Crippen LogP contribution in [0.3, 0.4) is 0 Å². The fourth-order valence-corrected chi connectivity index (χ4v) is 5.72. The summed E-state index contributed by atoms with van der Waals surface area (Å²) in [5.74, 6) is 0.398. The second kappa shape index (κ2) is 14.2. The van der Waals surface area contributed by atoms with Crippen molar-refractivity contribution in [2.75, 3.05) is 17.5 Å². The number of nitrogens with zero attached hydrogens (tertiary/aromatic N) is 2. The van der Waals surface area contributed by atoms with E-state index in [1.807, 2.05) is 26.0 Å². The van der Waals surface area contributed by atoms with Gasteiger partial charge in [0.2, 0.25) is 0 Å². The molecule has 8 nitrogen and oxygen atoms in total. The highest BCUT2D eigenvalue weighted by Crippen LogP contribution is 2.31. The number of para-hydroxylation sites is 1. The smallest absolute Gasteiger partial charge is 0.264 e. The Bertz CT molecular complexity index is 1660. The third-order valence-electron chi connectivity index (χ3n) is 6.00. The van der Waals surface area contributed by atoms with E-state index < -0.39 is 22.5 Å². The van der Waals surface area contributed by atoms with Gasteiger partial charge in [-0.25, -0.2) is 13.8 Å². The Hall–Kier alpha value is -4.05. The van der Waals surface area contributed by atoms with Crippen molar-refractivity contribution in [3.05, 3.63) is 118 Å². The molecule has 0 atom stereocenters. The number of rotatable bonds is 12. The van der Waals surface area contributed by atoms with Crippen molar-refractivity contribution in [3.8, 4) is 11.5 Å². The van der Waals surface area contributed by atoms with Crippen molar-refractivity contribution < 1.29 is 22.7 Å². The summed E-state index contributed by atoms with van der Waals surface area (Å²) in [5, 5.41) is 4.86. The summed E-state index contributed by atoms with van der Waals surface area (Å²) in [4.78, 5) is 12.9. The highest BCUT2D eigenvalue weighted by molar-refractivity contribution is 7.92. The number of hydrogen-bond acceptors (Lipinski definition) is 6. The quantitative estimate of drug-likeness (QED) is 0.141. The van der Waals surface area contributed by atoms with Crippen molar-refractivity contribution in [1.29, 1.82) is 0 Å². The lowest BCUT2D eigenvalue weighted by Gasteiger charge is -2.24. The maximum atomic E-state index is 13.5. The molecule has 0 radical (unpaired) electrons. The molecule has 4 aromatic carbocycles. The molecule has 0 aliphatic heterocycles. The monoisotopic (exact) mass is 625 g/mol. The fourth-order valence-electron chi connectivity index (χ4n) is 3.87. The molecule has 0 unspecified atom stereocenters. The molecule has 0 aliphatic carbocycles. The van der Waals surface area contributed by atoms with Crippen LogP contribution >= 0.6 is 23.2 Å². The van der Waals surface area contributed by atoms with E-state index in [1.165, 1.54) is 24.4 Å². The standard InChI is InChI=1S/C31H29Cl2N3O5S/c1-3-40-30-18-24(12-17-29(30)41-21-23-10-13-25(32)14-11-23)19-34-35-31(37)20-36(28-7-5-4-6-27(28)33)42(38,39)26-15-8-22(2)9-16-26/h4-19H,3,20-21H2,1-2H3,(H,35,37)/b34-19-. The van der Waals surface area contributed by atoms with Gasteiger partial charge in [0.05, 0.1) is 28.4 Å². The van der Waals surface area contributed by atoms with Crippen molar-refractivity contribution in [1.82, 2.24) is 5.43 Å². The highest BCUT2D eigenvalue weighted by Gasteiger charge is 2.28. The predicted molar refractivity (Wildman–Crippen MR) is 166 cm³/mol. The zero-order valence-electron chi connectivity index (χ0n) is 23.0. The zero-order chi connectivity index (χ0) is 30.1. The van der Waals surface area contributed by atoms with Gasteiger partial charge in [-0.3, -0.25) is 9.10 Å². The zero-order valence-corrected chi connectivity index (χ0v) is 25.3. The molecule has 1 N–H and O–H groups in total. The Morgan fingerprint density at radius 3 is 2.33 bits per heavy atom. The van der Waals surface area contributed by atoms with Crippen LogP contribution in [0.15, 0.2) is 101 Å². The lowest BCUT2D eigenvalue weighted by molar-refractivity contribution is -0.119. The average Bonchev–Trinajstić information content (AvgIpc) is 2.97. The van der Waals surface area contributed by atoms with E-state index in [-0.39, 0.29) is 15.6 Å². The summed E-state index contributed by atoms with van der Waals surface area (Å²) in [6.45, 7) is 3.92. The van der Waals surface area contributed by atoms with Crippen LogP contribution in [0.5, 0.6) is 11.5 Å². The van der Waals surface area contributed by atoms with E-state index in [9.17, 15) is 13.2 Å². The van der Waals surface area contributed by atoms with Gasteiger partial charge in [0.15, 0.2) is 11.5 Å². The number of carbonyl (C=O) groups is 1. The molecule has 0 fully saturated rings. The van der Waals surface area contributed by atoms with E-state index in [0.29, 0.717) is 35.3 Å². The molecule has 0 heterocycles. The molecule has 0 saturated heterocycles. The van der Waals surface area contributed by atoms with E-state index in [2.05, 4.69) is 10.5 Å². The molecule has 0 bridgehead atoms. The summed E-state index contributed by atoms with van der Waals surface area (Å²) >= 11 is 12.3. The second-order valence-corrected chi connectivity index (χ2v) is 11.8. The number of halogens is 2. The van der Waals surface area contributed by atoms with E-state index in [1.54, 1.807) is 60.7 Å². The lowest BCUT2D eigenvalue weighted by atomic mass is 10.2. The number of hydrogen-bond donors (Lipinski definition) is 1. The van der Waals surface area contributed by atoms with Crippen LogP contribution in [0, 0.1) is 6.92 Å². The van der Waals surface area contributed by atoms with Crippen LogP contribution < -0.4 is 19.2 Å². The van der Waals surface area contributed by atoms with Crippen molar-refractivity contribution in [2.24, 2.45) is 5.10 Å². The fraction of sp³-hybridized carbons (Fsp3) is 0.161. The number of amides is 1. The minimum absolute atomic E-state index is 0.0335. The van der Waals surface area contributed by atoms with Gasteiger partial charge >= 0.3 is 0 Å². The number of ether oxygens (including phenoxy) is 2. The van der Waals surface area contributed by atoms with Gasteiger partial charge in [0.1, 0.15) is 13.2 Å². The molecule has 11 heteroatoms. The van der Waals surface area contributed by atoms with Crippen LogP contribution in [-0.4, -0.2) is 33.7 Å². The maximum absolute atomic E-state index is 13.5. The second-order valence-electron chi connectivity index (χ2n) is 9.12. The summed E-state index contributed by atoms with van der Waals surface area (Å²) in [6.07, 6.45) is 1.43. The number of benzene rings is 4. The minimum Gasteiger partial charge on any atom is -0.490 e. The lowest BCUT2D eigenvalue weighted by Crippen LogP contribution is -2.39. The van der Waals surface area contributed by atoms with Gasteiger partial charge < -0.3 is 9.47 Å². The number of carbonyl (C=O) groups excluding carboxylic acids is 1. The van der Waals surface area contributed by atoms with Gasteiger partial charge in [0, 0.05) is 5.02 Å². The number of hydrazone groups is 1. The Balaban J connectivity index is 1.47. The molecule has 4 rings (SSSR count). The first-order valence-electron chi connectivity index (χ1n) is 13.0. The third-order valence-corrected chi connectivity index (χ3v) is 8.34. The molecule has 1 amide bonds. The Morgan fingerprint density at radius 2 is 1.64 bits per heavy atom. The van der Waals surface area contributed by atoms with Crippen LogP contribution in [0.4, 0.5) is 5.69 Å². The maximum Gasteiger partial charge on any atom is 0.264 e. The molecule has 0 spiro atoms. The Morgan fingerprint density at radius 1 is 0.929 bits per heavy atom. The van der Waals surface area contributed by atoms with E-state index in [4.69, 9.17) is 32.7 Å². The largest absolute Gasteiger partial charge is 0.490 e. The van der Waals surface area contributed by atoms with Gasteiger partial charge in [-0.1, -0.05) is 65.2 Å². The molecule has 0 aromatic heterocycles. The summed E-state index contributed by atoms with van der Waals surface area (Å²) in [6, 6.07) is 25.4. The van der Waals surface area contributed by atoms with Gasteiger partial charge in [-0.15, -0.1) is 0 Å². The number of sulfonamides is 1. The molecule has 218 valence electrons. The summed E-state index contributed by atoms with van der Waals surface area (Å²) in [7, 11) is -4.11. The molecule has 0 saturated carbocycles. The van der Waals surface area contributed by atoms with Crippen molar-refractivity contribution in [2.45, 2.75) is 25.3 Å². The first-order chi connectivity index (χ1) is 20.2. The Labute approximate surface area is 255 Å². The van der Waals surface area contributed by atoms with Gasteiger partial charge in [0.25, 0.3) is 15.9 Å². The molecular weight excluding hydrogens is 597 g/mol. The summed E-state index contributed by atoms with van der Waals surface area (Å²) in [5.41, 5.74) is 5.06. The summed E-state index contributed by atoms with van der Waals surface area (Å²) < 4.78 is 39.7. The van der Waals surface area contributed by atoms with Gasteiger partial charge in [-0.2, -0.15) is 5.10 Å². The van der Waals surface area contributed by atoms with Crippen LogP contribution in [-0.2, 0) is 21.4 Å². The predicted octanol–water partition coefficient (Wildman–Crippen LogP) is 6.63.